The molecule has 1 saturated heterocycles. The molecule has 0 amide bonds. The zero-order valence-electron chi connectivity index (χ0n) is 11.3. The maximum atomic E-state index is 12.8. The molecular weight excluding hydrogens is 315 g/mol. The molecule has 9 heteroatoms. The Morgan fingerprint density at radius 2 is 1.76 bits per heavy atom. The van der Waals surface area contributed by atoms with Crippen LogP contribution in [0.1, 0.15) is 4.88 Å². The fourth-order valence-corrected chi connectivity index (χ4v) is 2.92. The van der Waals surface area contributed by atoms with Crippen LogP contribution in [-0.2, 0) is 6.54 Å². The third-order valence-electron chi connectivity index (χ3n) is 3.21. The lowest BCUT2D eigenvalue weighted by Crippen LogP contribution is -2.46. The number of rotatable bonds is 3. The van der Waals surface area contributed by atoms with Crippen molar-refractivity contribution >= 4 is 34.8 Å². The summed E-state index contributed by atoms with van der Waals surface area (Å²) in [5.74, 6) is 0.184. The van der Waals surface area contributed by atoms with E-state index in [1.54, 1.807) is 0 Å². The second-order valence-corrected chi connectivity index (χ2v) is 5.78. The maximum absolute atomic E-state index is 12.8. The SMILES string of the molecule is Cl.Nc1ncc(CN2CCN(c3ncc(F)cn3)CC2)s1. The van der Waals surface area contributed by atoms with Crippen molar-refractivity contribution in [3.63, 3.8) is 0 Å². The summed E-state index contributed by atoms with van der Waals surface area (Å²) < 4.78 is 12.8. The van der Waals surface area contributed by atoms with E-state index in [0.717, 1.165) is 32.7 Å². The van der Waals surface area contributed by atoms with Gasteiger partial charge in [-0.15, -0.1) is 23.7 Å². The van der Waals surface area contributed by atoms with E-state index in [-0.39, 0.29) is 12.4 Å². The van der Waals surface area contributed by atoms with E-state index in [4.69, 9.17) is 5.73 Å². The summed E-state index contributed by atoms with van der Waals surface area (Å²) in [4.78, 5) is 17.7. The molecule has 0 aromatic carbocycles. The van der Waals surface area contributed by atoms with Gasteiger partial charge >= 0.3 is 0 Å². The van der Waals surface area contributed by atoms with Gasteiger partial charge < -0.3 is 10.6 Å². The highest BCUT2D eigenvalue weighted by Crippen LogP contribution is 2.18. The van der Waals surface area contributed by atoms with Gasteiger partial charge in [0, 0.05) is 43.8 Å². The molecule has 21 heavy (non-hydrogen) atoms. The van der Waals surface area contributed by atoms with Gasteiger partial charge in [0.1, 0.15) is 0 Å². The van der Waals surface area contributed by atoms with Crippen molar-refractivity contribution in [3.05, 3.63) is 29.3 Å². The van der Waals surface area contributed by atoms with Gasteiger partial charge in [0.15, 0.2) is 10.9 Å². The van der Waals surface area contributed by atoms with Crippen LogP contribution in [0.2, 0.25) is 0 Å². The van der Waals surface area contributed by atoms with Crippen molar-refractivity contribution in [3.8, 4) is 0 Å². The zero-order chi connectivity index (χ0) is 13.9. The van der Waals surface area contributed by atoms with Crippen LogP contribution in [0.15, 0.2) is 18.6 Å². The smallest absolute Gasteiger partial charge is 0.225 e. The number of halogens is 2. The minimum atomic E-state index is -0.407. The molecule has 0 atom stereocenters. The van der Waals surface area contributed by atoms with Crippen LogP contribution in [0.4, 0.5) is 15.5 Å². The highest BCUT2D eigenvalue weighted by molar-refractivity contribution is 7.15. The number of thiazole rings is 1. The fraction of sp³-hybridized carbons (Fsp3) is 0.417. The molecule has 0 unspecified atom stereocenters. The predicted molar refractivity (Wildman–Crippen MR) is 83.3 cm³/mol. The van der Waals surface area contributed by atoms with Crippen molar-refractivity contribution in [1.82, 2.24) is 19.9 Å². The summed E-state index contributed by atoms with van der Waals surface area (Å²) in [6.45, 7) is 4.36. The van der Waals surface area contributed by atoms with E-state index in [0.29, 0.717) is 11.1 Å². The van der Waals surface area contributed by atoms with Gasteiger partial charge in [0.05, 0.1) is 12.4 Å². The molecule has 2 aromatic heterocycles. The normalized spacial score (nSPS) is 15.8. The summed E-state index contributed by atoms with van der Waals surface area (Å²) >= 11 is 1.53. The zero-order valence-corrected chi connectivity index (χ0v) is 12.9. The van der Waals surface area contributed by atoms with E-state index >= 15 is 0 Å². The highest BCUT2D eigenvalue weighted by Gasteiger charge is 2.19. The number of nitrogen functional groups attached to an aromatic ring is 1. The lowest BCUT2D eigenvalue weighted by Gasteiger charge is -2.34. The first-order valence-electron chi connectivity index (χ1n) is 6.36. The molecule has 2 N–H and O–H groups in total. The second-order valence-electron chi connectivity index (χ2n) is 4.63. The summed E-state index contributed by atoms with van der Waals surface area (Å²) in [5.41, 5.74) is 5.63. The molecule has 0 aliphatic carbocycles. The minimum absolute atomic E-state index is 0. The maximum Gasteiger partial charge on any atom is 0.225 e. The molecule has 1 fully saturated rings. The number of nitrogens with two attached hydrogens (primary N) is 1. The molecule has 2 aromatic rings. The molecule has 114 valence electrons. The lowest BCUT2D eigenvalue weighted by atomic mass is 10.3. The summed E-state index contributed by atoms with van der Waals surface area (Å²) in [7, 11) is 0. The van der Waals surface area contributed by atoms with Gasteiger partial charge in [0.25, 0.3) is 0 Å². The van der Waals surface area contributed by atoms with Crippen molar-refractivity contribution in [1.29, 1.82) is 0 Å². The summed E-state index contributed by atoms with van der Waals surface area (Å²) in [5, 5.41) is 0.610. The Morgan fingerprint density at radius 3 is 2.33 bits per heavy atom. The summed E-state index contributed by atoms with van der Waals surface area (Å²) in [6, 6.07) is 0. The Hall–Kier alpha value is -1.51. The second kappa shape index (κ2) is 6.97. The molecule has 0 saturated carbocycles. The lowest BCUT2D eigenvalue weighted by molar-refractivity contribution is 0.250. The standard InChI is InChI=1S/C12H15FN6S.ClH/c13-9-5-16-12(17-6-9)19-3-1-18(2-4-19)8-10-7-15-11(14)20-10;/h5-7H,1-4,8H2,(H2,14,15);1H. The molecular formula is C12H16ClFN6S. The van der Waals surface area contributed by atoms with Gasteiger partial charge in [0.2, 0.25) is 5.95 Å². The van der Waals surface area contributed by atoms with Crippen LogP contribution >= 0.6 is 23.7 Å². The number of piperazine rings is 1. The number of hydrogen-bond acceptors (Lipinski definition) is 7. The minimum Gasteiger partial charge on any atom is -0.375 e. The molecule has 6 nitrogen and oxygen atoms in total. The van der Waals surface area contributed by atoms with Crippen LogP contribution in [-0.4, -0.2) is 46.0 Å². The van der Waals surface area contributed by atoms with Crippen LogP contribution in [0.3, 0.4) is 0 Å². The first kappa shape index (κ1) is 15.9. The summed E-state index contributed by atoms with van der Waals surface area (Å²) in [6.07, 6.45) is 4.24. The van der Waals surface area contributed by atoms with Crippen molar-refractivity contribution in [2.45, 2.75) is 6.54 Å². The first-order chi connectivity index (χ1) is 9.70. The largest absolute Gasteiger partial charge is 0.375 e. The van der Waals surface area contributed by atoms with Gasteiger partial charge in [-0.2, -0.15) is 0 Å². The molecule has 0 spiro atoms. The van der Waals surface area contributed by atoms with E-state index < -0.39 is 5.82 Å². The number of nitrogens with zero attached hydrogens (tertiary/aromatic N) is 5. The quantitative estimate of drug-likeness (QED) is 0.917. The third-order valence-corrected chi connectivity index (χ3v) is 4.02. The van der Waals surface area contributed by atoms with Gasteiger partial charge in [-0.3, -0.25) is 4.90 Å². The Labute approximate surface area is 132 Å². The van der Waals surface area contributed by atoms with Crippen molar-refractivity contribution in [2.75, 3.05) is 36.8 Å². The first-order valence-corrected chi connectivity index (χ1v) is 7.17. The van der Waals surface area contributed by atoms with Crippen LogP contribution in [0.5, 0.6) is 0 Å². The Bertz CT molecular complexity index is 569. The topological polar surface area (TPSA) is 71.2 Å². The average molecular weight is 331 g/mol. The Balaban J connectivity index is 0.00000161. The molecule has 1 aliphatic heterocycles. The van der Waals surface area contributed by atoms with E-state index in [9.17, 15) is 4.39 Å². The van der Waals surface area contributed by atoms with Gasteiger partial charge in [-0.1, -0.05) is 0 Å². The van der Waals surface area contributed by atoms with E-state index in [2.05, 4.69) is 24.8 Å². The third kappa shape index (κ3) is 3.99. The predicted octanol–water partition coefficient (Wildman–Crippen LogP) is 1.40. The number of hydrogen-bond donors (Lipinski definition) is 1. The molecule has 3 rings (SSSR count). The molecule has 1 aliphatic rings. The van der Waals surface area contributed by atoms with E-state index in [1.807, 2.05) is 6.20 Å². The number of anilines is 2. The Morgan fingerprint density at radius 1 is 1.10 bits per heavy atom. The average Bonchev–Trinajstić information content (AvgIpc) is 2.86. The Kier molecular flexibility index (Phi) is 5.27. The van der Waals surface area contributed by atoms with Crippen LogP contribution < -0.4 is 10.6 Å². The molecule has 3 heterocycles. The monoisotopic (exact) mass is 330 g/mol. The van der Waals surface area contributed by atoms with Crippen molar-refractivity contribution < 1.29 is 4.39 Å². The van der Waals surface area contributed by atoms with Crippen molar-refractivity contribution in [2.24, 2.45) is 0 Å². The fourth-order valence-electron chi connectivity index (χ4n) is 2.19. The van der Waals surface area contributed by atoms with Gasteiger partial charge in [-0.05, 0) is 0 Å². The van der Waals surface area contributed by atoms with Crippen LogP contribution in [0, 0.1) is 5.82 Å². The molecule has 0 radical (unpaired) electrons. The highest BCUT2D eigenvalue weighted by atomic mass is 35.5. The van der Waals surface area contributed by atoms with E-state index in [1.165, 1.54) is 28.6 Å². The molecule has 0 bridgehead atoms. The number of aromatic nitrogens is 3. The van der Waals surface area contributed by atoms with Crippen LogP contribution in [0.25, 0.3) is 0 Å². The van der Waals surface area contributed by atoms with Gasteiger partial charge in [-0.25, -0.2) is 19.3 Å².